The Labute approximate surface area is 148 Å². The van der Waals surface area contributed by atoms with E-state index < -0.39 is 5.54 Å². The summed E-state index contributed by atoms with van der Waals surface area (Å²) in [5, 5.41) is 2.96. The number of carbonyl (C=O) groups is 2. The van der Waals surface area contributed by atoms with Crippen LogP contribution >= 0.6 is 0 Å². The molecule has 0 spiro atoms. The van der Waals surface area contributed by atoms with Crippen molar-refractivity contribution in [2.45, 2.75) is 68.7 Å². The standard InChI is InChI=1S/C20H26N2O3/c1-22-15-9-10-16(22)13-17(12-15)25-19(24)20(11-5-8-18(23)21-20)14-6-3-2-4-7-14/h2-4,6-7,15-17H,5,8-13H2,1H3,(H,21,23). The van der Waals surface area contributed by atoms with Crippen molar-refractivity contribution in [2.75, 3.05) is 7.05 Å². The molecule has 3 saturated heterocycles. The van der Waals surface area contributed by atoms with E-state index in [9.17, 15) is 9.59 Å². The van der Waals surface area contributed by atoms with Crippen LogP contribution in [0.1, 0.15) is 50.5 Å². The molecule has 3 heterocycles. The van der Waals surface area contributed by atoms with Gasteiger partial charge in [-0.2, -0.15) is 0 Å². The Morgan fingerprint density at radius 1 is 1.20 bits per heavy atom. The molecule has 3 fully saturated rings. The van der Waals surface area contributed by atoms with Crippen molar-refractivity contribution in [3.8, 4) is 0 Å². The van der Waals surface area contributed by atoms with Crippen molar-refractivity contribution in [1.82, 2.24) is 10.2 Å². The van der Waals surface area contributed by atoms with Crippen LogP contribution in [0.4, 0.5) is 0 Å². The van der Waals surface area contributed by atoms with Crippen molar-refractivity contribution in [2.24, 2.45) is 0 Å². The quantitative estimate of drug-likeness (QED) is 0.857. The van der Waals surface area contributed by atoms with Gasteiger partial charge in [-0.15, -0.1) is 0 Å². The lowest BCUT2D eigenvalue weighted by molar-refractivity contribution is -0.164. The number of piperidine rings is 2. The molecule has 0 radical (unpaired) electrons. The molecule has 1 aromatic carbocycles. The first kappa shape index (κ1) is 16.6. The number of nitrogens with one attached hydrogen (secondary N) is 1. The number of amides is 1. The lowest BCUT2D eigenvalue weighted by atomic mass is 9.82. The largest absolute Gasteiger partial charge is 0.460 e. The van der Waals surface area contributed by atoms with E-state index >= 15 is 0 Å². The van der Waals surface area contributed by atoms with Gasteiger partial charge < -0.3 is 15.0 Å². The summed E-state index contributed by atoms with van der Waals surface area (Å²) in [5.74, 6) is -0.365. The SMILES string of the molecule is CN1C2CCC1CC(OC(=O)C1(c3ccccc3)CCCC(=O)N1)C2. The van der Waals surface area contributed by atoms with Gasteiger partial charge in [0.25, 0.3) is 0 Å². The number of ether oxygens (including phenoxy) is 1. The van der Waals surface area contributed by atoms with Crippen LogP contribution < -0.4 is 5.32 Å². The summed E-state index contributed by atoms with van der Waals surface area (Å²) in [6.45, 7) is 0. The first-order chi connectivity index (χ1) is 12.1. The van der Waals surface area contributed by atoms with Gasteiger partial charge in [0.2, 0.25) is 5.91 Å². The van der Waals surface area contributed by atoms with Gasteiger partial charge in [0.15, 0.2) is 5.54 Å². The minimum atomic E-state index is -1.03. The summed E-state index contributed by atoms with van der Waals surface area (Å²) in [6, 6.07) is 10.6. The molecule has 3 aliphatic heterocycles. The Morgan fingerprint density at radius 3 is 2.52 bits per heavy atom. The Hall–Kier alpha value is -1.88. The summed E-state index contributed by atoms with van der Waals surface area (Å²) < 4.78 is 5.99. The monoisotopic (exact) mass is 342 g/mol. The minimum absolute atomic E-state index is 0.0411. The van der Waals surface area contributed by atoms with Gasteiger partial charge in [0.05, 0.1) is 0 Å². The number of hydrogen-bond acceptors (Lipinski definition) is 4. The molecule has 3 aliphatic rings. The average molecular weight is 342 g/mol. The van der Waals surface area contributed by atoms with Gasteiger partial charge in [-0.05, 0) is 51.1 Å². The summed E-state index contributed by atoms with van der Waals surface area (Å²) in [6.07, 6.45) is 5.91. The Bertz CT molecular complexity index is 648. The van der Waals surface area contributed by atoms with E-state index in [4.69, 9.17) is 4.74 Å². The molecule has 0 aliphatic carbocycles. The maximum atomic E-state index is 13.2. The maximum Gasteiger partial charge on any atom is 0.336 e. The number of carbonyl (C=O) groups excluding carboxylic acids is 2. The smallest absolute Gasteiger partial charge is 0.336 e. The van der Waals surface area contributed by atoms with Crippen LogP contribution in [0.15, 0.2) is 30.3 Å². The fourth-order valence-electron chi connectivity index (χ4n) is 4.80. The van der Waals surface area contributed by atoms with Crippen LogP contribution in [0.5, 0.6) is 0 Å². The van der Waals surface area contributed by atoms with Crippen LogP contribution in [0, 0.1) is 0 Å². The van der Waals surface area contributed by atoms with Gasteiger partial charge >= 0.3 is 5.97 Å². The normalized spacial score (nSPS) is 35.2. The highest BCUT2D eigenvalue weighted by Gasteiger charge is 2.47. The van der Waals surface area contributed by atoms with E-state index in [-0.39, 0.29) is 18.0 Å². The lowest BCUT2D eigenvalue weighted by Crippen LogP contribution is -2.56. The molecule has 0 saturated carbocycles. The zero-order valence-electron chi connectivity index (χ0n) is 14.7. The van der Waals surface area contributed by atoms with Crippen LogP contribution in [0.25, 0.3) is 0 Å². The molecule has 5 nitrogen and oxygen atoms in total. The summed E-state index contributed by atoms with van der Waals surface area (Å²) in [4.78, 5) is 27.7. The van der Waals surface area contributed by atoms with E-state index in [1.807, 2.05) is 30.3 Å². The molecule has 5 heteroatoms. The zero-order valence-corrected chi connectivity index (χ0v) is 14.7. The van der Waals surface area contributed by atoms with Crippen molar-refractivity contribution in [3.05, 3.63) is 35.9 Å². The molecule has 134 valence electrons. The van der Waals surface area contributed by atoms with Gasteiger partial charge in [0.1, 0.15) is 6.10 Å². The second kappa shape index (κ2) is 6.45. The molecule has 1 amide bonds. The van der Waals surface area contributed by atoms with Crippen molar-refractivity contribution in [1.29, 1.82) is 0 Å². The molecule has 1 aromatic rings. The van der Waals surface area contributed by atoms with Crippen LogP contribution in [-0.2, 0) is 19.9 Å². The molecule has 4 rings (SSSR count). The Balaban J connectivity index is 1.56. The molecule has 25 heavy (non-hydrogen) atoms. The van der Waals surface area contributed by atoms with E-state index in [0.29, 0.717) is 31.3 Å². The highest BCUT2D eigenvalue weighted by molar-refractivity contribution is 5.90. The second-order valence-corrected chi connectivity index (χ2v) is 7.72. The number of benzene rings is 1. The number of fused-ring (bicyclic) bond motifs is 2. The van der Waals surface area contributed by atoms with Crippen molar-refractivity contribution < 1.29 is 14.3 Å². The number of nitrogens with zero attached hydrogens (tertiary/aromatic N) is 1. The highest BCUT2D eigenvalue weighted by atomic mass is 16.5. The van der Waals surface area contributed by atoms with Crippen molar-refractivity contribution >= 4 is 11.9 Å². The number of esters is 1. The van der Waals surface area contributed by atoms with Gasteiger partial charge in [-0.25, -0.2) is 4.79 Å². The zero-order chi connectivity index (χ0) is 17.4. The minimum Gasteiger partial charge on any atom is -0.460 e. The molecule has 1 N–H and O–H groups in total. The molecular formula is C20H26N2O3. The van der Waals surface area contributed by atoms with Crippen LogP contribution in [0.2, 0.25) is 0 Å². The van der Waals surface area contributed by atoms with Crippen molar-refractivity contribution in [3.63, 3.8) is 0 Å². The lowest BCUT2D eigenvalue weighted by Gasteiger charge is -2.40. The Morgan fingerprint density at radius 2 is 1.88 bits per heavy atom. The maximum absolute atomic E-state index is 13.2. The third-order valence-corrected chi connectivity index (χ3v) is 6.25. The van der Waals surface area contributed by atoms with Crippen LogP contribution in [-0.4, -0.2) is 42.0 Å². The Kier molecular flexibility index (Phi) is 4.28. The molecule has 3 atom stereocenters. The number of rotatable bonds is 3. The first-order valence-electron chi connectivity index (χ1n) is 9.38. The summed E-state index contributed by atoms with van der Waals surface area (Å²) in [7, 11) is 2.17. The van der Waals surface area contributed by atoms with Gasteiger partial charge in [-0.3, -0.25) is 4.79 Å². The summed E-state index contributed by atoms with van der Waals surface area (Å²) >= 11 is 0. The number of hydrogen-bond donors (Lipinski definition) is 1. The second-order valence-electron chi connectivity index (χ2n) is 7.72. The predicted molar refractivity (Wildman–Crippen MR) is 93.8 cm³/mol. The highest BCUT2D eigenvalue weighted by Crippen LogP contribution is 2.38. The van der Waals surface area contributed by atoms with E-state index in [0.717, 1.165) is 18.4 Å². The van der Waals surface area contributed by atoms with Gasteiger partial charge in [-0.1, -0.05) is 30.3 Å². The van der Waals surface area contributed by atoms with E-state index in [2.05, 4.69) is 17.3 Å². The predicted octanol–water partition coefficient (Wildman–Crippen LogP) is 2.35. The fraction of sp³-hybridized carbons (Fsp3) is 0.600. The van der Waals surface area contributed by atoms with E-state index in [1.165, 1.54) is 12.8 Å². The van der Waals surface area contributed by atoms with Gasteiger partial charge in [0, 0.05) is 18.5 Å². The average Bonchev–Trinajstić information content (AvgIpc) is 2.83. The topological polar surface area (TPSA) is 58.6 Å². The van der Waals surface area contributed by atoms with E-state index in [1.54, 1.807) is 0 Å². The third kappa shape index (κ3) is 2.95. The molecule has 3 unspecified atom stereocenters. The fourth-order valence-corrected chi connectivity index (χ4v) is 4.80. The molecule has 0 aromatic heterocycles. The third-order valence-electron chi connectivity index (χ3n) is 6.25. The molecule has 2 bridgehead atoms. The summed E-state index contributed by atoms with van der Waals surface area (Å²) in [5.41, 5.74) is -0.206. The van der Waals surface area contributed by atoms with Crippen LogP contribution in [0.3, 0.4) is 0 Å². The molecular weight excluding hydrogens is 316 g/mol. The first-order valence-corrected chi connectivity index (χ1v) is 9.38.